The highest BCUT2D eigenvalue weighted by molar-refractivity contribution is 5.25. The summed E-state index contributed by atoms with van der Waals surface area (Å²) in [5, 5.41) is 0. The maximum absolute atomic E-state index is 5.67. The van der Waals surface area contributed by atoms with Crippen LogP contribution in [0.25, 0.3) is 0 Å². The summed E-state index contributed by atoms with van der Waals surface area (Å²) < 4.78 is 5.67. The Balaban J connectivity index is 1.40. The van der Waals surface area contributed by atoms with E-state index in [-0.39, 0.29) is 0 Å². The highest BCUT2D eigenvalue weighted by Gasteiger charge is 2.30. The van der Waals surface area contributed by atoms with Gasteiger partial charge in [-0.25, -0.2) is 0 Å². The van der Waals surface area contributed by atoms with Gasteiger partial charge in [0, 0.05) is 0 Å². The first-order chi connectivity index (χ1) is 13.8. The highest BCUT2D eigenvalue weighted by Crippen LogP contribution is 2.44. The predicted octanol–water partition coefficient (Wildman–Crippen LogP) is 7.83. The lowest BCUT2D eigenvalue weighted by Crippen LogP contribution is -2.25. The molecular formula is C27H40O. The van der Waals surface area contributed by atoms with Crippen molar-refractivity contribution in [3.8, 4) is 0 Å². The zero-order chi connectivity index (χ0) is 19.6. The quantitative estimate of drug-likeness (QED) is 0.330. The van der Waals surface area contributed by atoms with Gasteiger partial charge in [-0.2, -0.15) is 0 Å². The average Bonchev–Trinajstić information content (AvgIpc) is 2.76. The van der Waals surface area contributed by atoms with Gasteiger partial charge in [-0.3, -0.25) is 0 Å². The minimum absolute atomic E-state index is 0.708. The van der Waals surface area contributed by atoms with E-state index in [0.29, 0.717) is 13.2 Å². The molecular weight excluding hydrogens is 340 g/mol. The molecule has 0 aromatic heterocycles. The molecule has 0 bridgehead atoms. The monoisotopic (exact) mass is 380 g/mol. The van der Waals surface area contributed by atoms with Crippen molar-refractivity contribution in [2.45, 2.75) is 84.2 Å². The Morgan fingerprint density at radius 3 is 2.00 bits per heavy atom. The molecule has 2 saturated carbocycles. The number of hydrogen-bond acceptors (Lipinski definition) is 1. The molecule has 0 N–H and O–H groups in total. The lowest BCUT2D eigenvalue weighted by atomic mass is 9.68. The Hall–Kier alpha value is -1.34. The molecule has 2 aliphatic carbocycles. The summed E-state index contributed by atoms with van der Waals surface area (Å²) >= 11 is 0. The van der Waals surface area contributed by atoms with Gasteiger partial charge in [-0.1, -0.05) is 48.6 Å². The zero-order valence-electron chi connectivity index (χ0n) is 18.1. The molecule has 28 heavy (non-hydrogen) atoms. The van der Waals surface area contributed by atoms with E-state index in [1.54, 1.807) is 5.56 Å². The molecule has 1 heteroatoms. The highest BCUT2D eigenvalue weighted by atomic mass is 16.5. The van der Waals surface area contributed by atoms with Crippen LogP contribution in [0.4, 0.5) is 0 Å². The van der Waals surface area contributed by atoms with Gasteiger partial charge in [0.2, 0.25) is 0 Å². The van der Waals surface area contributed by atoms with E-state index in [2.05, 4.69) is 49.4 Å². The van der Waals surface area contributed by atoms with Crippen LogP contribution >= 0.6 is 0 Å². The van der Waals surface area contributed by atoms with E-state index >= 15 is 0 Å². The third-order valence-corrected chi connectivity index (χ3v) is 7.20. The summed E-state index contributed by atoms with van der Waals surface area (Å²) in [6, 6.07) is 9.24. The Bertz CT molecular complexity index is 596. The minimum Gasteiger partial charge on any atom is -0.373 e. The molecule has 0 atom stereocenters. The summed E-state index contributed by atoms with van der Waals surface area (Å²) in [4.78, 5) is 0. The molecule has 3 rings (SSSR count). The topological polar surface area (TPSA) is 9.23 Å². The van der Waals surface area contributed by atoms with Gasteiger partial charge in [-0.05, 0) is 106 Å². The Morgan fingerprint density at radius 2 is 1.39 bits per heavy atom. The molecule has 0 spiro atoms. The molecule has 0 amide bonds. The molecule has 1 aromatic carbocycles. The first-order valence-electron chi connectivity index (χ1n) is 11.7. The van der Waals surface area contributed by atoms with Crippen molar-refractivity contribution >= 4 is 0 Å². The molecule has 2 aliphatic rings. The summed E-state index contributed by atoms with van der Waals surface area (Å²) in [7, 11) is 0. The second-order valence-corrected chi connectivity index (χ2v) is 9.02. The SMILES string of the molecule is C/C=C/COCc1ccc(C2CCC([C@H]3CC[C@H](C/C=C/C)CC3)CC2)cc1. The van der Waals surface area contributed by atoms with Gasteiger partial charge in [0.25, 0.3) is 0 Å². The molecule has 1 nitrogen and oxygen atoms in total. The van der Waals surface area contributed by atoms with Crippen molar-refractivity contribution < 1.29 is 4.74 Å². The Kier molecular flexibility index (Phi) is 8.86. The van der Waals surface area contributed by atoms with Crippen LogP contribution in [0.15, 0.2) is 48.6 Å². The van der Waals surface area contributed by atoms with Crippen molar-refractivity contribution in [3.63, 3.8) is 0 Å². The number of ether oxygens (including phenoxy) is 1. The van der Waals surface area contributed by atoms with Gasteiger partial charge in [0.05, 0.1) is 13.2 Å². The van der Waals surface area contributed by atoms with Crippen LogP contribution in [-0.2, 0) is 11.3 Å². The third-order valence-electron chi connectivity index (χ3n) is 7.20. The van der Waals surface area contributed by atoms with Crippen LogP contribution in [0, 0.1) is 17.8 Å². The normalized spacial score (nSPS) is 28.9. The maximum atomic E-state index is 5.67. The number of hydrogen-bond donors (Lipinski definition) is 0. The molecule has 2 fully saturated rings. The largest absolute Gasteiger partial charge is 0.373 e. The fourth-order valence-corrected chi connectivity index (χ4v) is 5.37. The maximum Gasteiger partial charge on any atom is 0.0721 e. The number of rotatable bonds is 8. The average molecular weight is 381 g/mol. The van der Waals surface area contributed by atoms with Crippen molar-refractivity contribution in [2.24, 2.45) is 17.8 Å². The van der Waals surface area contributed by atoms with E-state index in [1.807, 2.05) is 13.0 Å². The minimum atomic E-state index is 0.708. The standard InChI is InChI=1S/C27H40O/c1-3-5-7-22-8-12-24(13-9-22)26-16-18-27(19-17-26)25-14-10-23(11-15-25)21-28-20-6-4-2/h3-6,10-11,14-15,22,24,26-27H,7-9,12-13,16-21H2,1-2H3/b5-3+,6-4+/t22-,24-,26?,27?. The molecule has 0 saturated heterocycles. The van der Waals surface area contributed by atoms with Crippen LogP contribution in [0.2, 0.25) is 0 Å². The summed E-state index contributed by atoms with van der Waals surface area (Å²) in [6.07, 6.45) is 21.6. The number of allylic oxidation sites excluding steroid dienone is 3. The lowest BCUT2D eigenvalue weighted by Gasteiger charge is -2.38. The van der Waals surface area contributed by atoms with Crippen molar-refractivity contribution in [3.05, 3.63) is 59.7 Å². The van der Waals surface area contributed by atoms with E-state index < -0.39 is 0 Å². The molecule has 154 valence electrons. The van der Waals surface area contributed by atoms with E-state index in [9.17, 15) is 0 Å². The molecule has 1 aromatic rings. The first kappa shape index (κ1) is 21.4. The van der Waals surface area contributed by atoms with Gasteiger partial charge < -0.3 is 4.74 Å². The fourth-order valence-electron chi connectivity index (χ4n) is 5.37. The lowest BCUT2D eigenvalue weighted by molar-refractivity contribution is 0.148. The third kappa shape index (κ3) is 6.34. The fraction of sp³-hybridized carbons (Fsp3) is 0.630. The molecule has 0 aliphatic heterocycles. The second kappa shape index (κ2) is 11.6. The molecule has 0 heterocycles. The van der Waals surface area contributed by atoms with E-state index in [0.717, 1.165) is 23.7 Å². The summed E-state index contributed by atoms with van der Waals surface area (Å²) in [5.41, 5.74) is 2.84. The van der Waals surface area contributed by atoms with Crippen molar-refractivity contribution in [1.82, 2.24) is 0 Å². The first-order valence-corrected chi connectivity index (χ1v) is 11.7. The molecule has 0 unspecified atom stereocenters. The van der Waals surface area contributed by atoms with Gasteiger partial charge in [-0.15, -0.1) is 0 Å². The van der Waals surface area contributed by atoms with Crippen LogP contribution in [0.3, 0.4) is 0 Å². The van der Waals surface area contributed by atoms with E-state index in [4.69, 9.17) is 4.74 Å². The van der Waals surface area contributed by atoms with Gasteiger partial charge >= 0.3 is 0 Å². The Labute approximate surface area is 173 Å². The Morgan fingerprint density at radius 1 is 0.786 bits per heavy atom. The van der Waals surface area contributed by atoms with Crippen molar-refractivity contribution in [1.29, 1.82) is 0 Å². The summed E-state index contributed by atoms with van der Waals surface area (Å²) in [5.74, 6) is 3.75. The summed E-state index contributed by atoms with van der Waals surface area (Å²) in [6.45, 7) is 5.60. The van der Waals surface area contributed by atoms with Crippen molar-refractivity contribution in [2.75, 3.05) is 6.61 Å². The predicted molar refractivity (Wildman–Crippen MR) is 120 cm³/mol. The zero-order valence-corrected chi connectivity index (χ0v) is 18.1. The molecule has 0 radical (unpaired) electrons. The van der Waals surface area contributed by atoms with Crippen LogP contribution in [-0.4, -0.2) is 6.61 Å². The van der Waals surface area contributed by atoms with Gasteiger partial charge in [0.1, 0.15) is 0 Å². The van der Waals surface area contributed by atoms with E-state index in [1.165, 1.54) is 63.4 Å². The second-order valence-electron chi connectivity index (χ2n) is 9.02. The smallest absolute Gasteiger partial charge is 0.0721 e. The van der Waals surface area contributed by atoms with Crippen LogP contribution in [0.1, 0.15) is 88.7 Å². The van der Waals surface area contributed by atoms with Gasteiger partial charge in [0.15, 0.2) is 0 Å². The number of benzene rings is 1. The van der Waals surface area contributed by atoms with Crippen LogP contribution in [0.5, 0.6) is 0 Å². The van der Waals surface area contributed by atoms with Crippen LogP contribution < -0.4 is 0 Å².